The summed E-state index contributed by atoms with van der Waals surface area (Å²) in [5.41, 5.74) is 1.43. The molecule has 0 radical (unpaired) electrons. The van der Waals surface area contributed by atoms with E-state index in [1.54, 1.807) is 19.2 Å². The van der Waals surface area contributed by atoms with Crippen LogP contribution in [0.1, 0.15) is 28.5 Å². The van der Waals surface area contributed by atoms with Crippen molar-refractivity contribution < 1.29 is 13.9 Å². The van der Waals surface area contributed by atoms with Gasteiger partial charge in [0.05, 0.1) is 17.2 Å². The zero-order valence-electron chi connectivity index (χ0n) is 12.1. The largest absolute Gasteiger partial charge is 0.379 e. The third kappa shape index (κ3) is 3.86. The number of carbonyl (C=O) groups excluding carboxylic acids is 1. The van der Waals surface area contributed by atoms with Crippen molar-refractivity contribution in [2.45, 2.75) is 26.5 Å². The number of benzene rings is 1. The molecule has 21 heavy (non-hydrogen) atoms. The number of amides is 1. The summed E-state index contributed by atoms with van der Waals surface area (Å²) < 4.78 is 18.2. The van der Waals surface area contributed by atoms with Crippen LogP contribution in [0.5, 0.6) is 0 Å². The van der Waals surface area contributed by atoms with Crippen LogP contribution < -0.4 is 5.32 Å². The van der Waals surface area contributed by atoms with Crippen molar-refractivity contribution in [1.82, 2.24) is 10.3 Å². The molecule has 0 atom stereocenters. The Kier molecular flexibility index (Phi) is 5.03. The predicted molar refractivity (Wildman–Crippen MR) is 80.8 cm³/mol. The number of nitrogens with one attached hydrogen (secondary N) is 1. The molecule has 112 valence electrons. The lowest BCUT2D eigenvalue weighted by Crippen LogP contribution is -2.29. The predicted octanol–water partition coefficient (Wildman–Crippen LogP) is 3.23. The number of hydrogen-bond donors (Lipinski definition) is 1. The van der Waals surface area contributed by atoms with Gasteiger partial charge >= 0.3 is 0 Å². The number of hydrogen-bond acceptors (Lipinski definition) is 4. The SMILES string of the molecule is COCc1sc(C(=O)NC(C)C)nc1-c1ccc(F)cc1. The van der Waals surface area contributed by atoms with Gasteiger partial charge in [0.15, 0.2) is 5.01 Å². The molecule has 1 aromatic carbocycles. The zero-order valence-corrected chi connectivity index (χ0v) is 13.0. The maximum Gasteiger partial charge on any atom is 0.280 e. The Morgan fingerprint density at radius 1 is 1.38 bits per heavy atom. The lowest BCUT2D eigenvalue weighted by atomic mass is 10.1. The monoisotopic (exact) mass is 308 g/mol. The second-order valence-corrected chi connectivity index (χ2v) is 5.94. The fraction of sp³-hybridized carbons (Fsp3) is 0.333. The molecule has 6 heteroatoms. The Labute approximate surface area is 127 Å². The highest BCUT2D eigenvalue weighted by Gasteiger charge is 2.18. The molecular formula is C15H17FN2O2S. The minimum Gasteiger partial charge on any atom is -0.379 e. The first-order valence-corrected chi connectivity index (χ1v) is 7.38. The summed E-state index contributed by atoms with van der Waals surface area (Å²) in [4.78, 5) is 17.3. The maximum absolute atomic E-state index is 13.0. The van der Waals surface area contributed by atoms with E-state index in [4.69, 9.17) is 4.74 Å². The third-order valence-corrected chi connectivity index (χ3v) is 3.73. The van der Waals surface area contributed by atoms with E-state index in [0.29, 0.717) is 17.3 Å². The summed E-state index contributed by atoms with van der Waals surface area (Å²) in [5.74, 6) is -0.513. The van der Waals surface area contributed by atoms with Crippen LogP contribution in [0.4, 0.5) is 4.39 Å². The molecular weight excluding hydrogens is 291 g/mol. The first-order chi connectivity index (χ1) is 10.0. The fourth-order valence-corrected chi connectivity index (χ4v) is 2.79. The van der Waals surface area contributed by atoms with E-state index in [0.717, 1.165) is 10.4 Å². The molecule has 0 aliphatic carbocycles. The topological polar surface area (TPSA) is 51.2 Å². The van der Waals surface area contributed by atoms with Crippen LogP contribution in [0.2, 0.25) is 0 Å². The van der Waals surface area contributed by atoms with E-state index < -0.39 is 0 Å². The Morgan fingerprint density at radius 3 is 2.62 bits per heavy atom. The summed E-state index contributed by atoms with van der Waals surface area (Å²) in [6.07, 6.45) is 0. The number of methoxy groups -OCH3 is 1. The standard InChI is InChI=1S/C15H17FN2O2S/c1-9(2)17-14(19)15-18-13(12(21-15)8-20-3)10-4-6-11(16)7-5-10/h4-7,9H,8H2,1-3H3,(H,17,19). The van der Waals surface area contributed by atoms with E-state index in [9.17, 15) is 9.18 Å². The number of carbonyl (C=O) groups is 1. The molecule has 2 aromatic rings. The van der Waals surface area contributed by atoms with Crippen molar-refractivity contribution in [3.05, 3.63) is 40.0 Å². The molecule has 0 saturated heterocycles. The lowest BCUT2D eigenvalue weighted by molar-refractivity contribution is 0.0943. The van der Waals surface area contributed by atoms with E-state index in [2.05, 4.69) is 10.3 Å². The van der Waals surface area contributed by atoms with Gasteiger partial charge in [-0.1, -0.05) is 0 Å². The van der Waals surface area contributed by atoms with Gasteiger partial charge in [0.2, 0.25) is 0 Å². The Morgan fingerprint density at radius 2 is 2.05 bits per heavy atom. The second kappa shape index (κ2) is 6.78. The first-order valence-electron chi connectivity index (χ1n) is 6.56. The molecule has 0 fully saturated rings. The minimum absolute atomic E-state index is 0.0431. The van der Waals surface area contributed by atoms with E-state index >= 15 is 0 Å². The van der Waals surface area contributed by atoms with Gasteiger partial charge < -0.3 is 10.1 Å². The molecule has 0 spiro atoms. The number of aromatic nitrogens is 1. The van der Waals surface area contributed by atoms with Gasteiger partial charge in [0.25, 0.3) is 5.91 Å². The van der Waals surface area contributed by atoms with Crippen LogP contribution in [-0.4, -0.2) is 24.0 Å². The van der Waals surface area contributed by atoms with Gasteiger partial charge in [0.1, 0.15) is 5.82 Å². The molecule has 1 heterocycles. The lowest BCUT2D eigenvalue weighted by Gasteiger charge is -2.04. The second-order valence-electron chi connectivity index (χ2n) is 4.86. The van der Waals surface area contributed by atoms with Crippen LogP contribution in [0.15, 0.2) is 24.3 Å². The maximum atomic E-state index is 13.0. The number of thiazole rings is 1. The van der Waals surface area contributed by atoms with Crippen LogP contribution in [0.3, 0.4) is 0 Å². The van der Waals surface area contributed by atoms with Gasteiger partial charge in [-0.15, -0.1) is 11.3 Å². The molecule has 0 unspecified atom stereocenters. The number of rotatable bonds is 5. The molecule has 1 amide bonds. The van der Waals surface area contributed by atoms with Crippen molar-refractivity contribution in [1.29, 1.82) is 0 Å². The molecule has 2 rings (SSSR count). The van der Waals surface area contributed by atoms with Gasteiger partial charge in [-0.2, -0.15) is 0 Å². The van der Waals surface area contributed by atoms with Crippen molar-refractivity contribution in [2.75, 3.05) is 7.11 Å². The number of nitrogens with zero attached hydrogens (tertiary/aromatic N) is 1. The van der Waals surface area contributed by atoms with Crippen LogP contribution in [0, 0.1) is 5.82 Å². The van der Waals surface area contributed by atoms with Crippen LogP contribution in [0.25, 0.3) is 11.3 Å². The summed E-state index contributed by atoms with van der Waals surface area (Å²) in [7, 11) is 1.59. The smallest absolute Gasteiger partial charge is 0.280 e. The summed E-state index contributed by atoms with van der Waals surface area (Å²) >= 11 is 1.29. The average molecular weight is 308 g/mol. The fourth-order valence-electron chi connectivity index (χ4n) is 1.84. The van der Waals surface area contributed by atoms with Crippen LogP contribution >= 0.6 is 11.3 Å². The van der Waals surface area contributed by atoms with Crippen molar-refractivity contribution in [3.8, 4) is 11.3 Å². The van der Waals surface area contributed by atoms with Gasteiger partial charge in [0, 0.05) is 18.7 Å². The Hall–Kier alpha value is -1.79. The molecule has 0 aliphatic heterocycles. The average Bonchev–Trinajstić information content (AvgIpc) is 2.83. The Bertz CT molecular complexity index is 623. The number of ether oxygens (including phenoxy) is 1. The molecule has 4 nitrogen and oxygen atoms in total. The van der Waals surface area contributed by atoms with E-state index in [-0.39, 0.29) is 17.8 Å². The minimum atomic E-state index is -0.306. The molecule has 1 N–H and O–H groups in total. The van der Waals surface area contributed by atoms with Crippen LogP contribution in [-0.2, 0) is 11.3 Å². The third-order valence-electron chi connectivity index (χ3n) is 2.70. The Balaban J connectivity index is 2.37. The van der Waals surface area contributed by atoms with Crippen molar-refractivity contribution in [3.63, 3.8) is 0 Å². The highest BCUT2D eigenvalue weighted by atomic mass is 32.1. The molecule has 0 bridgehead atoms. The number of halogens is 1. The highest BCUT2D eigenvalue weighted by Crippen LogP contribution is 2.29. The van der Waals surface area contributed by atoms with Gasteiger partial charge in [-0.05, 0) is 38.1 Å². The summed E-state index contributed by atoms with van der Waals surface area (Å²) in [6, 6.07) is 6.08. The summed E-state index contributed by atoms with van der Waals surface area (Å²) in [5, 5.41) is 3.19. The van der Waals surface area contributed by atoms with E-state index in [1.807, 2.05) is 13.8 Å². The zero-order chi connectivity index (χ0) is 15.4. The summed E-state index contributed by atoms with van der Waals surface area (Å²) in [6.45, 7) is 4.14. The normalized spacial score (nSPS) is 10.9. The molecule has 1 aromatic heterocycles. The highest BCUT2D eigenvalue weighted by molar-refractivity contribution is 7.14. The van der Waals surface area contributed by atoms with Gasteiger partial charge in [-0.3, -0.25) is 4.79 Å². The van der Waals surface area contributed by atoms with Crippen molar-refractivity contribution in [2.24, 2.45) is 0 Å². The van der Waals surface area contributed by atoms with E-state index in [1.165, 1.54) is 23.5 Å². The molecule has 0 aliphatic rings. The van der Waals surface area contributed by atoms with Gasteiger partial charge in [-0.25, -0.2) is 9.37 Å². The first kappa shape index (κ1) is 15.6. The quantitative estimate of drug-likeness (QED) is 0.922. The molecule has 0 saturated carbocycles. The van der Waals surface area contributed by atoms with Crippen molar-refractivity contribution >= 4 is 17.2 Å².